The molecule has 1 saturated heterocycles. The van der Waals surface area contributed by atoms with Crippen molar-refractivity contribution >= 4 is 27.9 Å². The fourth-order valence-electron chi connectivity index (χ4n) is 4.29. The van der Waals surface area contributed by atoms with Gasteiger partial charge in [-0.05, 0) is 54.4 Å². The molecule has 0 radical (unpaired) electrons. The average Bonchev–Trinajstić information content (AvgIpc) is 3.22. The minimum atomic E-state index is -0.670. The lowest BCUT2D eigenvalue weighted by Gasteiger charge is -2.17. The second-order valence-corrected chi connectivity index (χ2v) is 8.52. The molecular formula is C25H25N5O4. The summed E-state index contributed by atoms with van der Waals surface area (Å²) in [5, 5.41) is 16.6. The van der Waals surface area contributed by atoms with Crippen molar-refractivity contribution in [2.24, 2.45) is 7.05 Å². The van der Waals surface area contributed by atoms with E-state index in [1.54, 1.807) is 13.1 Å². The summed E-state index contributed by atoms with van der Waals surface area (Å²) in [6.45, 7) is 1.78. The first kappa shape index (κ1) is 21.9. The first-order chi connectivity index (χ1) is 16.5. The Labute approximate surface area is 195 Å². The van der Waals surface area contributed by atoms with Crippen LogP contribution in [-0.2, 0) is 23.0 Å². The normalized spacial score (nSPS) is 17.4. The number of amides is 1. The van der Waals surface area contributed by atoms with Gasteiger partial charge in [-0.3, -0.25) is 9.36 Å². The summed E-state index contributed by atoms with van der Waals surface area (Å²) in [6, 6.07) is 15.2. The van der Waals surface area contributed by atoms with Crippen LogP contribution in [0, 0.1) is 11.3 Å². The Morgan fingerprint density at radius 1 is 1.26 bits per heavy atom. The molecule has 3 heterocycles. The molecule has 0 aliphatic carbocycles. The largest absolute Gasteiger partial charge is 0.419 e. The Hall–Kier alpha value is -3.87. The van der Waals surface area contributed by atoms with Crippen molar-refractivity contribution < 1.29 is 13.9 Å². The molecule has 1 fully saturated rings. The van der Waals surface area contributed by atoms with Gasteiger partial charge < -0.3 is 24.8 Å². The van der Waals surface area contributed by atoms with Crippen LogP contribution in [0.1, 0.15) is 12.1 Å². The van der Waals surface area contributed by atoms with E-state index in [0.29, 0.717) is 25.2 Å². The lowest BCUT2D eigenvalue weighted by molar-refractivity contribution is -0.132. The molecule has 1 aliphatic heterocycles. The van der Waals surface area contributed by atoms with Gasteiger partial charge in [-0.2, -0.15) is 5.26 Å². The van der Waals surface area contributed by atoms with Crippen LogP contribution in [-0.4, -0.2) is 47.3 Å². The second-order valence-electron chi connectivity index (χ2n) is 8.52. The van der Waals surface area contributed by atoms with Crippen molar-refractivity contribution in [1.29, 1.82) is 5.26 Å². The zero-order valence-electron chi connectivity index (χ0n) is 18.8. The van der Waals surface area contributed by atoms with Crippen LogP contribution in [0.3, 0.4) is 0 Å². The van der Waals surface area contributed by atoms with E-state index in [9.17, 15) is 14.9 Å². The van der Waals surface area contributed by atoms with E-state index in [4.69, 9.17) is 9.15 Å². The summed E-state index contributed by atoms with van der Waals surface area (Å²) < 4.78 is 12.3. The molecule has 9 nitrogen and oxygen atoms in total. The Morgan fingerprint density at radius 2 is 2.09 bits per heavy atom. The van der Waals surface area contributed by atoms with E-state index in [0.717, 1.165) is 46.2 Å². The highest BCUT2D eigenvalue weighted by Crippen LogP contribution is 2.27. The van der Waals surface area contributed by atoms with Crippen LogP contribution in [0.5, 0.6) is 0 Å². The van der Waals surface area contributed by atoms with E-state index in [-0.39, 0.29) is 11.7 Å². The van der Waals surface area contributed by atoms with Crippen LogP contribution < -0.4 is 16.4 Å². The fourth-order valence-corrected chi connectivity index (χ4v) is 4.29. The molecule has 0 bridgehead atoms. The number of nitriles is 1. The molecule has 5 rings (SSSR count). The molecule has 1 amide bonds. The molecule has 9 heteroatoms. The first-order valence-electron chi connectivity index (χ1n) is 11.3. The van der Waals surface area contributed by atoms with Crippen molar-refractivity contribution in [3.8, 4) is 17.2 Å². The molecule has 3 N–H and O–H groups in total. The third kappa shape index (κ3) is 4.33. The summed E-state index contributed by atoms with van der Waals surface area (Å²) in [5.74, 6) is -0.665. The number of nitrogens with zero attached hydrogens (tertiary/aromatic N) is 2. The Bertz CT molecular complexity index is 1450. The van der Waals surface area contributed by atoms with Gasteiger partial charge >= 0.3 is 5.76 Å². The van der Waals surface area contributed by atoms with Crippen LogP contribution in [0.15, 0.2) is 51.7 Å². The SMILES string of the molecule is Cn1c(=O)oc2ccc(-c3ccc4[nH]c(CC(C#N)NC(=O)C5CNCCCO5)cc4c3)cc21. The minimum Gasteiger partial charge on any atom is -0.408 e. The molecular weight excluding hydrogens is 434 g/mol. The van der Waals surface area contributed by atoms with Gasteiger partial charge in [0.05, 0.1) is 11.6 Å². The van der Waals surface area contributed by atoms with E-state index >= 15 is 0 Å². The number of aryl methyl sites for hydroxylation is 1. The number of H-pyrrole nitrogens is 1. The zero-order valence-corrected chi connectivity index (χ0v) is 18.8. The van der Waals surface area contributed by atoms with Crippen LogP contribution >= 0.6 is 0 Å². The first-order valence-corrected chi connectivity index (χ1v) is 11.3. The number of hydrogen-bond donors (Lipinski definition) is 3. The third-order valence-electron chi connectivity index (χ3n) is 6.14. The summed E-state index contributed by atoms with van der Waals surface area (Å²) in [5.41, 5.74) is 5.04. The van der Waals surface area contributed by atoms with Gasteiger partial charge in [-0.25, -0.2) is 4.79 Å². The van der Waals surface area contributed by atoms with Crippen LogP contribution in [0.4, 0.5) is 0 Å². The highest BCUT2D eigenvalue weighted by Gasteiger charge is 2.23. The second kappa shape index (κ2) is 9.17. The number of oxazole rings is 1. The van der Waals surface area contributed by atoms with Crippen molar-refractivity contribution in [2.75, 3.05) is 19.7 Å². The topological polar surface area (TPSA) is 125 Å². The molecule has 0 spiro atoms. The Morgan fingerprint density at radius 3 is 2.94 bits per heavy atom. The highest BCUT2D eigenvalue weighted by atomic mass is 16.5. The molecule has 34 heavy (non-hydrogen) atoms. The monoisotopic (exact) mass is 459 g/mol. The predicted octanol–water partition coefficient (Wildman–Crippen LogP) is 2.21. The van der Waals surface area contributed by atoms with Gasteiger partial charge in [0.2, 0.25) is 0 Å². The molecule has 2 unspecified atom stereocenters. The number of nitrogens with one attached hydrogen (secondary N) is 3. The van der Waals surface area contributed by atoms with E-state index in [1.165, 1.54) is 4.57 Å². The maximum atomic E-state index is 12.5. The summed E-state index contributed by atoms with van der Waals surface area (Å²) >= 11 is 0. The van der Waals surface area contributed by atoms with Crippen molar-refractivity contribution in [3.05, 3.63) is 58.7 Å². The lowest BCUT2D eigenvalue weighted by atomic mass is 10.0. The summed E-state index contributed by atoms with van der Waals surface area (Å²) in [7, 11) is 1.68. The number of rotatable bonds is 5. The maximum Gasteiger partial charge on any atom is 0.419 e. The highest BCUT2D eigenvalue weighted by molar-refractivity contribution is 5.88. The number of fused-ring (bicyclic) bond motifs is 2. The molecule has 174 valence electrons. The van der Waals surface area contributed by atoms with Gasteiger partial charge in [0.15, 0.2) is 5.58 Å². The number of benzene rings is 2. The van der Waals surface area contributed by atoms with E-state index in [2.05, 4.69) is 27.8 Å². The van der Waals surface area contributed by atoms with Crippen molar-refractivity contribution in [1.82, 2.24) is 20.2 Å². The number of aromatic nitrogens is 2. The van der Waals surface area contributed by atoms with E-state index in [1.807, 2.05) is 30.3 Å². The van der Waals surface area contributed by atoms with Crippen LogP contribution in [0.25, 0.3) is 33.1 Å². The standard InChI is InChI=1S/C25H25N5O4/c1-30-21-11-16(4-6-22(21)34-25(30)32)15-3-5-20-17(9-15)10-18(28-20)12-19(13-26)29-24(31)23-14-27-7-2-8-33-23/h3-6,9-11,19,23,27-28H,2,7-8,12,14H2,1H3,(H,29,31). The minimum absolute atomic E-state index is 0.275. The van der Waals surface area contributed by atoms with Crippen molar-refractivity contribution in [3.63, 3.8) is 0 Å². The molecule has 2 atom stereocenters. The lowest BCUT2D eigenvalue weighted by Crippen LogP contribution is -2.46. The number of hydrogen-bond acceptors (Lipinski definition) is 6. The zero-order chi connectivity index (χ0) is 23.7. The summed E-state index contributed by atoms with van der Waals surface area (Å²) in [4.78, 5) is 27.7. The van der Waals surface area contributed by atoms with Crippen molar-refractivity contribution in [2.45, 2.75) is 25.0 Å². The molecule has 0 saturated carbocycles. The molecule has 1 aliphatic rings. The van der Waals surface area contributed by atoms with Gasteiger partial charge in [0.1, 0.15) is 12.1 Å². The predicted molar refractivity (Wildman–Crippen MR) is 127 cm³/mol. The Balaban J connectivity index is 1.34. The number of aromatic amines is 1. The number of carbonyl (C=O) groups excluding carboxylic acids is 1. The molecule has 2 aromatic heterocycles. The fraction of sp³-hybridized carbons (Fsp3) is 0.320. The van der Waals surface area contributed by atoms with Gasteiger partial charge in [-0.1, -0.05) is 12.1 Å². The van der Waals surface area contributed by atoms with Gasteiger partial charge in [-0.15, -0.1) is 0 Å². The van der Waals surface area contributed by atoms with Gasteiger partial charge in [0.25, 0.3) is 5.91 Å². The number of carbonyl (C=O) groups is 1. The average molecular weight is 460 g/mol. The number of ether oxygens (including phenoxy) is 1. The van der Waals surface area contributed by atoms with Crippen LogP contribution in [0.2, 0.25) is 0 Å². The summed E-state index contributed by atoms with van der Waals surface area (Å²) in [6.07, 6.45) is 0.627. The quantitative estimate of drug-likeness (QED) is 0.420. The van der Waals surface area contributed by atoms with E-state index < -0.39 is 12.1 Å². The maximum absolute atomic E-state index is 12.5. The third-order valence-corrected chi connectivity index (χ3v) is 6.14. The smallest absolute Gasteiger partial charge is 0.408 e. The molecule has 4 aromatic rings. The van der Waals surface area contributed by atoms with Gasteiger partial charge in [0, 0.05) is 43.2 Å². The molecule has 2 aromatic carbocycles. The Kier molecular flexibility index (Phi) is 5.92.